The minimum absolute atomic E-state index is 0.0157. The van der Waals surface area contributed by atoms with Crippen LogP contribution in [0.5, 0.6) is 5.75 Å². The van der Waals surface area contributed by atoms with E-state index in [4.69, 9.17) is 4.74 Å². The molecule has 4 atom stereocenters. The SMILES string of the molecule is Cc1ncsc1-c1ccc(C(C)NC(=O)C2CC(O)CN2C(=O)C(NC(=O)CCCCOc2ccc(C=O)cc2)C(C)(C)C)cc1. The smallest absolute Gasteiger partial charge is 0.246 e. The van der Waals surface area contributed by atoms with Crippen molar-refractivity contribution in [2.45, 2.75) is 84.5 Å². The maximum Gasteiger partial charge on any atom is 0.246 e. The number of rotatable bonds is 13. The second-order valence-electron chi connectivity index (χ2n) is 12.9. The molecule has 1 aromatic heterocycles. The van der Waals surface area contributed by atoms with Crippen molar-refractivity contribution in [3.05, 3.63) is 70.9 Å². The number of hydrogen-bond acceptors (Lipinski definition) is 8. The van der Waals surface area contributed by atoms with Gasteiger partial charge in [-0.25, -0.2) is 4.98 Å². The number of aldehydes is 1. The molecule has 1 aliphatic heterocycles. The van der Waals surface area contributed by atoms with E-state index >= 15 is 0 Å². The first-order valence-corrected chi connectivity index (χ1v) is 16.5. The van der Waals surface area contributed by atoms with Gasteiger partial charge in [0.2, 0.25) is 17.7 Å². The summed E-state index contributed by atoms with van der Waals surface area (Å²) in [4.78, 5) is 57.9. The number of β-amino-alcohol motifs (C(OH)–C–C–N with tert-alkyl or cyclic N) is 1. The van der Waals surface area contributed by atoms with Gasteiger partial charge >= 0.3 is 0 Å². The van der Waals surface area contributed by atoms with Gasteiger partial charge in [-0.05, 0) is 67.5 Å². The van der Waals surface area contributed by atoms with Crippen LogP contribution in [0.15, 0.2) is 54.0 Å². The van der Waals surface area contributed by atoms with E-state index in [1.165, 1.54) is 4.90 Å². The van der Waals surface area contributed by atoms with E-state index in [1.807, 2.05) is 64.4 Å². The predicted octanol–water partition coefficient (Wildman–Crippen LogP) is 4.85. The summed E-state index contributed by atoms with van der Waals surface area (Å²) in [5.74, 6) is -0.361. The normalized spacial score (nSPS) is 17.7. The number of unbranched alkanes of at least 4 members (excludes halogenated alkanes) is 1. The molecule has 0 aliphatic carbocycles. The minimum Gasteiger partial charge on any atom is -0.494 e. The van der Waals surface area contributed by atoms with Gasteiger partial charge in [0, 0.05) is 24.9 Å². The van der Waals surface area contributed by atoms with Gasteiger partial charge < -0.3 is 25.4 Å². The van der Waals surface area contributed by atoms with E-state index in [1.54, 1.807) is 35.6 Å². The summed E-state index contributed by atoms with van der Waals surface area (Å²) in [6.07, 6.45) is 1.44. The summed E-state index contributed by atoms with van der Waals surface area (Å²) in [6.45, 7) is 9.86. The lowest BCUT2D eigenvalue weighted by Gasteiger charge is -2.35. The van der Waals surface area contributed by atoms with Gasteiger partial charge in [-0.2, -0.15) is 0 Å². The number of benzene rings is 2. The summed E-state index contributed by atoms with van der Waals surface area (Å²) < 4.78 is 5.68. The third-order valence-corrected chi connectivity index (χ3v) is 9.12. The molecular weight excluding hydrogens is 604 g/mol. The Morgan fingerprint density at radius 2 is 1.78 bits per heavy atom. The van der Waals surface area contributed by atoms with Crippen molar-refractivity contribution in [3.8, 4) is 16.2 Å². The standard InChI is InChI=1S/C35H44N4O6S/c1-22(25-11-13-26(14-12-25)31-23(2)36-21-46-31)37-33(43)29-18-27(41)19-39(29)34(44)32(35(3,4)5)38-30(42)8-6-7-17-45-28-15-9-24(20-40)10-16-28/h9-16,20-22,27,29,32,41H,6-8,17-19H2,1-5H3,(H,37,43)(H,38,42). The molecule has 0 bridgehead atoms. The van der Waals surface area contributed by atoms with Crippen LogP contribution in [0.1, 0.15) is 81.0 Å². The number of aliphatic hydroxyl groups excluding tert-OH is 1. The Balaban J connectivity index is 1.32. The van der Waals surface area contributed by atoms with Crippen LogP contribution in [0.25, 0.3) is 10.4 Å². The number of likely N-dealkylation sites (tertiary alicyclic amines) is 1. The van der Waals surface area contributed by atoms with Crippen LogP contribution in [-0.4, -0.2) is 70.3 Å². The van der Waals surface area contributed by atoms with Crippen molar-refractivity contribution in [2.24, 2.45) is 5.41 Å². The van der Waals surface area contributed by atoms with Crippen molar-refractivity contribution in [1.29, 1.82) is 0 Å². The third-order valence-electron chi connectivity index (χ3n) is 8.14. The van der Waals surface area contributed by atoms with Crippen LogP contribution >= 0.6 is 11.3 Å². The zero-order chi connectivity index (χ0) is 33.4. The van der Waals surface area contributed by atoms with E-state index in [-0.39, 0.29) is 37.2 Å². The lowest BCUT2D eigenvalue weighted by Crippen LogP contribution is -2.57. The highest BCUT2D eigenvalue weighted by Gasteiger charge is 2.44. The molecule has 1 aliphatic rings. The van der Waals surface area contributed by atoms with Crippen molar-refractivity contribution in [2.75, 3.05) is 13.2 Å². The maximum atomic E-state index is 13.9. The highest BCUT2D eigenvalue weighted by molar-refractivity contribution is 7.13. The lowest BCUT2D eigenvalue weighted by molar-refractivity contribution is -0.144. The van der Waals surface area contributed by atoms with Crippen molar-refractivity contribution >= 4 is 35.3 Å². The fraction of sp³-hybridized carbons (Fsp3) is 0.457. The van der Waals surface area contributed by atoms with Crippen LogP contribution < -0.4 is 15.4 Å². The topological polar surface area (TPSA) is 138 Å². The number of aromatic nitrogens is 1. The Hall–Kier alpha value is -4.09. The van der Waals surface area contributed by atoms with Gasteiger partial charge in [0.25, 0.3) is 0 Å². The Morgan fingerprint density at radius 1 is 1.09 bits per heavy atom. The van der Waals surface area contributed by atoms with Gasteiger partial charge in [0.15, 0.2) is 0 Å². The van der Waals surface area contributed by atoms with Gasteiger partial charge in [0.05, 0.1) is 34.8 Å². The fourth-order valence-electron chi connectivity index (χ4n) is 5.47. The predicted molar refractivity (Wildman–Crippen MR) is 178 cm³/mol. The van der Waals surface area contributed by atoms with E-state index in [2.05, 4.69) is 15.6 Å². The zero-order valence-electron chi connectivity index (χ0n) is 27.1. The van der Waals surface area contributed by atoms with E-state index in [9.17, 15) is 24.3 Å². The van der Waals surface area contributed by atoms with Crippen LogP contribution in [0.4, 0.5) is 0 Å². The van der Waals surface area contributed by atoms with Gasteiger partial charge in [-0.15, -0.1) is 11.3 Å². The number of nitrogens with one attached hydrogen (secondary N) is 2. The average Bonchev–Trinajstić information content (AvgIpc) is 3.64. The summed E-state index contributed by atoms with van der Waals surface area (Å²) in [5, 5.41) is 16.4. The summed E-state index contributed by atoms with van der Waals surface area (Å²) in [7, 11) is 0. The third kappa shape index (κ3) is 9.01. The molecule has 246 valence electrons. The molecule has 11 heteroatoms. The number of carbonyl (C=O) groups excluding carboxylic acids is 4. The van der Waals surface area contributed by atoms with Crippen molar-refractivity contribution in [1.82, 2.24) is 20.5 Å². The first-order valence-electron chi connectivity index (χ1n) is 15.6. The van der Waals surface area contributed by atoms with Gasteiger partial charge in [-0.3, -0.25) is 19.2 Å². The fourth-order valence-corrected chi connectivity index (χ4v) is 6.28. The van der Waals surface area contributed by atoms with Gasteiger partial charge in [0.1, 0.15) is 24.1 Å². The molecule has 3 amide bonds. The molecule has 46 heavy (non-hydrogen) atoms. The molecule has 0 spiro atoms. The number of aryl methyl sites for hydroxylation is 1. The largest absolute Gasteiger partial charge is 0.494 e. The molecular formula is C35H44N4O6S. The highest BCUT2D eigenvalue weighted by atomic mass is 32.1. The Kier molecular flexibility index (Phi) is 11.7. The van der Waals surface area contributed by atoms with Crippen molar-refractivity contribution < 1.29 is 29.0 Å². The average molecular weight is 649 g/mol. The molecule has 0 radical (unpaired) electrons. The molecule has 4 rings (SSSR count). The quantitative estimate of drug-likeness (QED) is 0.178. The second kappa shape index (κ2) is 15.5. The van der Waals surface area contributed by atoms with Crippen molar-refractivity contribution in [3.63, 3.8) is 0 Å². The Morgan fingerprint density at radius 3 is 2.39 bits per heavy atom. The highest BCUT2D eigenvalue weighted by Crippen LogP contribution is 2.29. The summed E-state index contributed by atoms with van der Waals surface area (Å²) in [5.41, 5.74) is 4.70. The minimum atomic E-state index is -0.881. The summed E-state index contributed by atoms with van der Waals surface area (Å²) in [6, 6.07) is 12.7. The van der Waals surface area contributed by atoms with Crippen LogP contribution in [0.2, 0.25) is 0 Å². The van der Waals surface area contributed by atoms with Crippen LogP contribution in [0, 0.1) is 12.3 Å². The molecule has 4 unspecified atom stereocenters. The Labute approximate surface area is 274 Å². The number of hydrogen-bond donors (Lipinski definition) is 3. The van der Waals surface area contributed by atoms with E-state index in [0.29, 0.717) is 30.8 Å². The van der Waals surface area contributed by atoms with Crippen LogP contribution in [0.3, 0.4) is 0 Å². The summed E-state index contributed by atoms with van der Waals surface area (Å²) >= 11 is 1.58. The first-order chi connectivity index (χ1) is 21.9. The number of amides is 3. The maximum absolute atomic E-state index is 13.9. The van der Waals surface area contributed by atoms with Gasteiger partial charge in [-0.1, -0.05) is 45.0 Å². The molecule has 2 heterocycles. The second-order valence-corrected chi connectivity index (χ2v) is 13.7. The monoisotopic (exact) mass is 648 g/mol. The molecule has 3 N–H and O–H groups in total. The molecule has 1 saturated heterocycles. The molecule has 3 aromatic rings. The first kappa shape index (κ1) is 34.8. The zero-order valence-corrected chi connectivity index (χ0v) is 27.9. The number of ether oxygens (including phenoxy) is 1. The van der Waals surface area contributed by atoms with E-state index < -0.39 is 29.5 Å². The number of aliphatic hydroxyl groups is 1. The molecule has 2 aromatic carbocycles. The Bertz CT molecular complexity index is 1500. The lowest BCUT2D eigenvalue weighted by atomic mass is 9.85. The number of carbonyl (C=O) groups is 4. The number of thiazole rings is 1. The molecule has 10 nitrogen and oxygen atoms in total. The number of nitrogens with zero attached hydrogens (tertiary/aromatic N) is 2. The van der Waals surface area contributed by atoms with E-state index in [0.717, 1.165) is 28.0 Å². The molecule has 1 fully saturated rings. The molecule has 0 saturated carbocycles. The van der Waals surface area contributed by atoms with Crippen LogP contribution in [-0.2, 0) is 14.4 Å².